The number of amides is 1. The number of imidazole rings is 1. The number of carbonyl (C=O) groups is 1. The fraction of sp³-hybridized carbons (Fsp3) is 0.222. The van der Waals surface area contributed by atoms with Crippen molar-refractivity contribution in [3.05, 3.63) is 48.3 Å². The highest BCUT2D eigenvalue weighted by Crippen LogP contribution is 2.17. The highest BCUT2D eigenvalue weighted by molar-refractivity contribution is 6.05. The lowest BCUT2D eigenvalue weighted by Gasteiger charge is -2.06. The number of rotatable bonds is 4. The lowest BCUT2D eigenvalue weighted by Crippen LogP contribution is -2.13. The van der Waals surface area contributed by atoms with Crippen LogP contribution in [-0.4, -0.2) is 30.6 Å². The van der Waals surface area contributed by atoms with E-state index in [-0.39, 0.29) is 5.91 Å². The molecule has 0 saturated heterocycles. The molecule has 1 aromatic carbocycles. The van der Waals surface area contributed by atoms with E-state index in [1.165, 1.54) is 0 Å². The standard InChI is InChI=1S/C18H18N6O/c1-11(2)10-24-16-12(9-20-24)7-13(8-19-16)17(25)23-18-21-14-5-3-4-6-15(14)22-18/h3-9,11H,10H2,1-2H3,(H2,21,22,23,25). The van der Waals surface area contributed by atoms with Gasteiger partial charge in [-0.05, 0) is 24.1 Å². The minimum atomic E-state index is -0.259. The molecule has 7 nitrogen and oxygen atoms in total. The third-order valence-corrected chi connectivity index (χ3v) is 3.90. The zero-order valence-corrected chi connectivity index (χ0v) is 14.0. The number of aromatic amines is 1. The van der Waals surface area contributed by atoms with Crippen molar-refractivity contribution in [2.24, 2.45) is 5.92 Å². The molecule has 0 fully saturated rings. The van der Waals surface area contributed by atoms with Gasteiger partial charge in [0.25, 0.3) is 5.91 Å². The van der Waals surface area contributed by atoms with Gasteiger partial charge in [-0.15, -0.1) is 0 Å². The number of pyridine rings is 1. The molecule has 7 heteroatoms. The highest BCUT2D eigenvalue weighted by atomic mass is 16.1. The summed E-state index contributed by atoms with van der Waals surface area (Å²) < 4.78 is 1.86. The second kappa shape index (κ2) is 6.01. The second-order valence-electron chi connectivity index (χ2n) is 6.41. The van der Waals surface area contributed by atoms with Crippen LogP contribution in [-0.2, 0) is 6.54 Å². The Balaban J connectivity index is 1.59. The maximum atomic E-state index is 12.5. The molecule has 0 aliphatic rings. The minimum Gasteiger partial charge on any atom is -0.324 e. The summed E-state index contributed by atoms with van der Waals surface area (Å²) in [5, 5.41) is 7.98. The van der Waals surface area contributed by atoms with Crippen molar-refractivity contribution in [2.75, 3.05) is 5.32 Å². The Morgan fingerprint density at radius 2 is 2.12 bits per heavy atom. The summed E-state index contributed by atoms with van der Waals surface area (Å²) in [6.07, 6.45) is 3.31. The Morgan fingerprint density at radius 1 is 1.28 bits per heavy atom. The number of H-pyrrole nitrogens is 1. The normalized spacial score (nSPS) is 11.5. The lowest BCUT2D eigenvalue weighted by atomic mass is 10.2. The third kappa shape index (κ3) is 2.96. The van der Waals surface area contributed by atoms with Crippen LogP contribution in [0.2, 0.25) is 0 Å². The van der Waals surface area contributed by atoms with Crippen LogP contribution in [0.5, 0.6) is 0 Å². The monoisotopic (exact) mass is 334 g/mol. The Bertz CT molecular complexity index is 1030. The molecule has 3 heterocycles. The van der Waals surface area contributed by atoms with Gasteiger partial charge in [-0.1, -0.05) is 26.0 Å². The number of nitrogens with zero attached hydrogens (tertiary/aromatic N) is 4. The Kier molecular flexibility index (Phi) is 3.68. The molecule has 0 atom stereocenters. The van der Waals surface area contributed by atoms with Crippen molar-refractivity contribution < 1.29 is 4.79 Å². The van der Waals surface area contributed by atoms with Gasteiger partial charge in [-0.3, -0.25) is 10.1 Å². The number of benzene rings is 1. The van der Waals surface area contributed by atoms with Crippen molar-refractivity contribution in [3.8, 4) is 0 Å². The summed E-state index contributed by atoms with van der Waals surface area (Å²) >= 11 is 0. The summed E-state index contributed by atoms with van der Waals surface area (Å²) in [7, 11) is 0. The summed E-state index contributed by atoms with van der Waals surface area (Å²) in [6.45, 7) is 5.05. The van der Waals surface area contributed by atoms with E-state index in [4.69, 9.17) is 0 Å². The average molecular weight is 334 g/mol. The first-order valence-electron chi connectivity index (χ1n) is 8.18. The number of hydrogen-bond donors (Lipinski definition) is 2. The molecule has 0 spiro atoms. The number of nitrogens with one attached hydrogen (secondary N) is 2. The van der Waals surface area contributed by atoms with Crippen molar-refractivity contribution in [2.45, 2.75) is 20.4 Å². The molecule has 0 unspecified atom stereocenters. The zero-order valence-electron chi connectivity index (χ0n) is 14.0. The summed E-state index contributed by atoms with van der Waals surface area (Å²) in [5.41, 5.74) is 2.94. The molecule has 0 radical (unpaired) electrons. The van der Waals surface area contributed by atoms with Gasteiger partial charge in [0.05, 0.1) is 22.8 Å². The average Bonchev–Trinajstić information content (AvgIpc) is 3.17. The van der Waals surface area contributed by atoms with Crippen LogP contribution in [0.4, 0.5) is 5.95 Å². The van der Waals surface area contributed by atoms with Crippen molar-refractivity contribution in [3.63, 3.8) is 0 Å². The number of carbonyl (C=O) groups excluding carboxylic acids is 1. The molecule has 0 aliphatic heterocycles. The third-order valence-electron chi connectivity index (χ3n) is 3.90. The second-order valence-corrected chi connectivity index (χ2v) is 6.41. The van der Waals surface area contributed by atoms with E-state index in [9.17, 15) is 4.79 Å². The maximum Gasteiger partial charge on any atom is 0.259 e. The van der Waals surface area contributed by atoms with Gasteiger partial charge in [0.2, 0.25) is 5.95 Å². The lowest BCUT2D eigenvalue weighted by molar-refractivity contribution is 0.102. The predicted octanol–water partition coefficient (Wildman–Crippen LogP) is 3.22. The number of hydrogen-bond acceptors (Lipinski definition) is 4. The molecular weight excluding hydrogens is 316 g/mol. The number of anilines is 1. The van der Waals surface area contributed by atoms with Crippen molar-refractivity contribution in [1.29, 1.82) is 0 Å². The topological polar surface area (TPSA) is 88.5 Å². The minimum absolute atomic E-state index is 0.259. The molecule has 0 saturated carbocycles. The van der Waals surface area contributed by atoms with E-state index >= 15 is 0 Å². The molecule has 126 valence electrons. The van der Waals surface area contributed by atoms with E-state index in [1.807, 2.05) is 28.9 Å². The quantitative estimate of drug-likeness (QED) is 0.600. The predicted molar refractivity (Wildman–Crippen MR) is 96.4 cm³/mol. The SMILES string of the molecule is CC(C)Cn1ncc2cc(C(=O)Nc3nc4ccccc4[nH]3)cnc21. The molecule has 2 N–H and O–H groups in total. The highest BCUT2D eigenvalue weighted by Gasteiger charge is 2.13. The van der Waals surface area contributed by atoms with Crippen molar-refractivity contribution in [1.82, 2.24) is 24.7 Å². The van der Waals surface area contributed by atoms with Gasteiger partial charge in [-0.2, -0.15) is 5.10 Å². The van der Waals surface area contributed by atoms with Crippen molar-refractivity contribution >= 4 is 33.9 Å². The first kappa shape index (κ1) is 15.3. The first-order valence-corrected chi connectivity index (χ1v) is 8.18. The fourth-order valence-corrected chi connectivity index (χ4v) is 2.77. The van der Waals surface area contributed by atoms with Gasteiger partial charge in [0, 0.05) is 18.1 Å². The van der Waals surface area contributed by atoms with Crippen LogP contribution < -0.4 is 5.32 Å². The first-order chi connectivity index (χ1) is 12.1. The van der Waals surface area contributed by atoms with Crippen LogP contribution in [0.1, 0.15) is 24.2 Å². The smallest absolute Gasteiger partial charge is 0.259 e. The molecular formula is C18H18N6O. The Morgan fingerprint density at radius 3 is 2.92 bits per heavy atom. The van der Waals surface area contributed by atoms with E-state index in [2.05, 4.69) is 39.2 Å². The van der Waals surface area contributed by atoms with Crippen LogP contribution >= 0.6 is 0 Å². The largest absolute Gasteiger partial charge is 0.324 e. The zero-order chi connectivity index (χ0) is 17.4. The van der Waals surface area contributed by atoms with Crippen LogP contribution in [0, 0.1) is 5.92 Å². The fourth-order valence-electron chi connectivity index (χ4n) is 2.77. The van der Waals surface area contributed by atoms with Crippen LogP contribution in [0.25, 0.3) is 22.1 Å². The Hall–Kier alpha value is -3.22. The number of para-hydroxylation sites is 2. The molecule has 4 aromatic rings. The van der Waals surface area contributed by atoms with E-state index in [1.54, 1.807) is 18.5 Å². The Labute approximate surface area is 144 Å². The molecule has 4 rings (SSSR count). The van der Waals surface area contributed by atoms with Gasteiger partial charge >= 0.3 is 0 Å². The van der Waals surface area contributed by atoms with Gasteiger partial charge < -0.3 is 4.98 Å². The molecule has 25 heavy (non-hydrogen) atoms. The summed E-state index contributed by atoms with van der Waals surface area (Å²) in [5.74, 6) is 0.632. The van der Waals surface area contributed by atoms with Gasteiger partial charge in [0.15, 0.2) is 5.65 Å². The molecule has 1 amide bonds. The van der Waals surface area contributed by atoms with E-state index in [0.29, 0.717) is 17.4 Å². The van der Waals surface area contributed by atoms with Crippen LogP contribution in [0.3, 0.4) is 0 Å². The molecule has 3 aromatic heterocycles. The van der Waals surface area contributed by atoms with E-state index < -0.39 is 0 Å². The molecule has 0 bridgehead atoms. The maximum absolute atomic E-state index is 12.5. The summed E-state index contributed by atoms with van der Waals surface area (Å²) in [4.78, 5) is 24.3. The molecule has 0 aliphatic carbocycles. The van der Waals surface area contributed by atoms with E-state index in [0.717, 1.165) is 28.6 Å². The number of fused-ring (bicyclic) bond motifs is 2. The van der Waals surface area contributed by atoms with Crippen LogP contribution in [0.15, 0.2) is 42.7 Å². The van der Waals surface area contributed by atoms with Gasteiger partial charge in [0.1, 0.15) is 0 Å². The van der Waals surface area contributed by atoms with Gasteiger partial charge in [-0.25, -0.2) is 14.6 Å². The summed E-state index contributed by atoms with van der Waals surface area (Å²) in [6, 6.07) is 9.41. The number of aromatic nitrogens is 5.